The topological polar surface area (TPSA) is 117 Å². The number of hydrogen-bond donors (Lipinski definition) is 1. The molecule has 3 aliphatic rings. The van der Waals surface area contributed by atoms with Crippen LogP contribution in [0.15, 0.2) is 79.9 Å². The molecular formula is C37H44ClN3O7. The lowest BCUT2D eigenvalue weighted by molar-refractivity contribution is -0.164. The van der Waals surface area contributed by atoms with E-state index in [2.05, 4.69) is 13.2 Å². The van der Waals surface area contributed by atoms with Crippen LogP contribution in [0.3, 0.4) is 0 Å². The van der Waals surface area contributed by atoms with E-state index >= 15 is 0 Å². The molecule has 10 nitrogen and oxygen atoms in total. The number of likely N-dealkylation sites (N-methyl/N-ethyl adjacent to an activating group) is 1. The second kappa shape index (κ2) is 15.1. The first kappa shape index (κ1) is 35.3. The minimum absolute atomic E-state index is 0.103. The van der Waals surface area contributed by atoms with Gasteiger partial charge in [-0.15, -0.1) is 13.2 Å². The van der Waals surface area contributed by atoms with Crippen molar-refractivity contribution < 1.29 is 33.8 Å². The van der Waals surface area contributed by atoms with Crippen LogP contribution < -0.4 is 4.90 Å². The molecule has 3 aliphatic heterocycles. The van der Waals surface area contributed by atoms with Crippen molar-refractivity contribution >= 4 is 41.0 Å². The highest BCUT2D eigenvalue weighted by Crippen LogP contribution is 2.59. The molecule has 3 fully saturated rings. The third-order valence-electron chi connectivity index (χ3n) is 9.96. The molecule has 11 heteroatoms. The molecule has 1 spiro atoms. The third-order valence-corrected chi connectivity index (χ3v) is 10.3. The number of likely N-dealkylation sites (tertiary alicyclic amines) is 1. The maximum Gasteiger partial charge on any atom is 0.313 e. The first-order valence-electron chi connectivity index (χ1n) is 16.5. The van der Waals surface area contributed by atoms with Gasteiger partial charge in [0.2, 0.25) is 11.8 Å². The molecule has 3 saturated heterocycles. The summed E-state index contributed by atoms with van der Waals surface area (Å²) in [5, 5.41) is 10.1. The molecule has 48 heavy (non-hydrogen) atoms. The highest BCUT2D eigenvalue weighted by atomic mass is 35.5. The van der Waals surface area contributed by atoms with E-state index in [0.29, 0.717) is 35.5 Å². The molecule has 2 bridgehead atoms. The summed E-state index contributed by atoms with van der Waals surface area (Å²) in [5.74, 6) is -3.44. The van der Waals surface area contributed by atoms with Crippen molar-refractivity contribution in [2.45, 2.75) is 68.9 Å². The van der Waals surface area contributed by atoms with Gasteiger partial charge in [-0.1, -0.05) is 66.2 Å². The average molecular weight is 678 g/mol. The van der Waals surface area contributed by atoms with E-state index in [-0.39, 0.29) is 44.4 Å². The van der Waals surface area contributed by atoms with Crippen LogP contribution in [0.25, 0.3) is 0 Å². The van der Waals surface area contributed by atoms with Crippen LogP contribution in [0, 0.1) is 11.8 Å². The zero-order valence-electron chi connectivity index (χ0n) is 27.5. The fourth-order valence-corrected chi connectivity index (χ4v) is 7.80. The Morgan fingerprint density at radius 3 is 2.52 bits per heavy atom. The van der Waals surface area contributed by atoms with Crippen LogP contribution >= 0.6 is 11.6 Å². The Hall–Kier alpha value is -3.99. The Bertz CT molecular complexity index is 1540. The quantitative estimate of drug-likeness (QED) is 0.214. The summed E-state index contributed by atoms with van der Waals surface area (Å²) in [5.41, 5.74) is -0.103. The largest absolute Gasteiger partial charge is 0.455 e. The lowest BCUT2D eigenvalue weighted by Gasteiger charge is -2.37. The fraction of sp³-hybridized carbons (Fsp3) is 0.459. The number of benzene rings is 2. The number of fused-ring (bicyclic) bond motifs is 1. The first-order valence-corrected chi connectivity index (χ1v) is 16.9. The minimum Gasteiger partial charge on any atom is -0.455 e. The molecule has 0 saturated carbocycles. The van der Waals surface area contributed by atoms with E-state index in [1.807, 2.05) is 37.3 Å². The number of aliphatic hydroxyl groups is 1. The second-order valence-electron chi connectivity index (χ2n) is 12.7. The van der Waals surface area contributed by atoms with Gasteiger partial charge in [0, 0.05) is 33.2 Å². The van der Waals surface area contributed by atoms with Gasteiger partial charge in [-0.3, -0.25) is 19.2 Å². The van der Waals surface area contributed by atoms with Crippen molar-refractivity contribution in [3.05, 3.63) is 90.5 Å². The van der Waals surface area contributed by atoms with Gasteiger partial charge >= 0.3 is 5.97 Å². The smallest absolute Gasteiger partial charge is 0.313 e. The van der Waals surface area contributed by atoms with Crippen molar-refractivity contribution in [2.75, 3.05) is 31.6 Å². The van der Waals surface area contributed by atoms with Gasteiger partial charge in [-0.05, 0) is 50.3 Å². The molecule has 7 atom stereocenters. The number of esters is 1. The van der Waals surface area contributed by atoms with E-state index in [1.165, 1.54) is 9.80 Å². The maximum atomic E-state index is 14.6. The van der Waals surface area contributed by atoms with Crippen LogP contribution in [-0.4, -0.2) is 89.1 Å². The molecule has 2 aromatic rings. The number of rotatable bonds is 15. The highest BCUT2D eigenvalue weighted by molar-refractivity contribution is 6.34. The van der Waals surface area contributed by atoms with Crippen LogP contribution in [0.4, 0.5) is 5.69 Å². The number of halogens is 1. The van der Waals surface area contributed by atoms with Gasteiger partial charge in [-0.2, -0.15) is 0 Å². The van der Waals surface area contributed by atoms with Crippen LogP contribution in [-0.2, 0) is 28.7 Å². The van der Waals surface area contributed by atoms with E-state index in [9.17, 15) is 24.3 Å². The van der Waals surface area contributed by atoms with E-state index in [1.54, 1.807) is 48.4 Å². The molecule has 3 amide bonds. The SMILES string of the molecule is C=CCCC(=O)N(C)[C@@H](C)[C@@H](OC(=O)[C@@H]1[C@@H]2CC[C@]3(O2)[C@H](C(=O)N(CC=C)c2ccccc2Cl)N(CCCO)C(=O)[C@@H]13)c1ccccc1. The molecule has 0 aliphatic carbocycles. The molecule has 1 N–H and O–H groups in total. The number of amides is 3. The average Bonchev–Trinajstić information content (AvgIpc) is 3.74. The summed E-state index contributed by atoms with van der Waals surface area (Å²) in [6.45, 7) is 9.40. The van der Waals surface area contributed by atoms with Gasteiger partial charge in [0.15, 0.2) is 0 Å². The van der Waals surface area contributed by atoms with Crippen molar-refractivity contribution in [3.63, 3.8) is 0 Å². The Balaban J connectivity index is 1.48. The number of carbonyl (C=O) groups is 4. The molecule has 3 heterocycles. The minimum atomic E-state index is -1.27. The van der Waals surface area contributed by atoms with Crippen molar-refractivity contribution in [3.8, 4) is 0 Å². The van der Waals surface area contributed by atoms with Crippen molar-refractivity contribution in [1.82, 2.24) is 9.80 Å². The Morgan fingerprint density at radius 2 is 1.85 bits per heavy atom. The second-order valence-corrected chi connectivity index (χ2v) is 13.1. The van der Waals surface area contributed by atoms with Crippen molar-refractivity contribution in [2.24, 2.45) is 11.8 Å². The summed E-state index contributed by atoms with van der Waals surface area (Å²) >= 11 is 6.53. The lowest BCUT2D eigenvalue weighted by Crippen LogP contribution is -2.56. The number of allylic oxidation sites excluding steroid dienone is 1. The van der Waals surface area contributed by atoms with Crippen LogP contribution in [0.5, 0.6) is 0 Å². The fourth-order valence-electron chi connectivity index (χ4n) is 7.56. The summed E-state index contributed by atoms with van der Waals surface area (Å²) in [4.78, 5) is 60.8. The summed E-state index contributed by atoms with van der Waals surface area (Å²) < 4.78 is 12.9. The number of anilines is 1. The normalized spacial score (nSPS) is 25.2. The molecule has 256 valence electrons. The van der Waals surface area contributed by atoms with Crippen LogP contribution in [0.2, 0.25) is 5.02 Å². The Morgan fingerprint density at radius 1 is 1.15 bits per heavy atom. The number of carbonyl (C=O) groups excluding carboxylic acids is 4. The summed E-state index contributed by atoms with van der Waals surface area (Å²) in [6.07, 6.45) is 3.70. The molecule has 2 aromatic carbocycles. The first-order chi connectivity index (χ1) is 23.1. The lowest BCUT2D eigenvalue weighted by atomic mass is 9.70. The standard InChI is InChI=1S/C37H44ClN3O7/c1-5-7-18-29(43)39(4)24(3)32(25-14-9-8-10-15-25)47-36(46)30-28-19-20-37(48-28)31(30)34(44)41(22-13-23-42)33(37)35(45)40(21-6-2)27-17-12-11-16-26(27)38/h5-6,8-12,14-17,24,28,30-33,42H,1-2,7,13,18-23H2,3-4H3/t24-,28-,30+,31+,32+,33-,37+/m0/s1. The van der Waals surface area contributed by atoms with E-state index < -0.39 is 53.6 Å². The zero-order valence-corrected chi connectivity index (χ0v) is 28.3. The predicted molar refractivity (Wildman–Crippen MR) is 182 cm³/mol. The van der Waals surface area contributed by atoms with Gasteiger partial charge in [0.25, 0.3) is 5.91 Å². The predicted octanol–water partition coefficient (Wildman–Crippen LogP) is 4.71. The molecular weight excluding hydrogens is 634 g/mol. The van der Waals surface area contributed by atoms with E-state index in [4.69, 9.17) is 21.1 Å². The highest BCUT2D eigenvalue weighted by Gasteiger charge is 2.75. The molecule has 0 radical (unpaired) electrons. The Labute approximate surface area is 286 Å². The number of hydrogen-bond acceptors (Lipinski definition) is 7. The molecule has 5 rings (SSSR count). The Kier molecular flexibility index (Phi) is 11.1. The van der Waals surface area contributed by atoms with E-state index in [0.717, 1.165) is 0 Å². The zero-order chi connectivity index (χ0) is 34.6. The third kappa shape index (κ3) is 6.41. The van der Waals surface area contributed by atoms with Gasteiger partial charge in [0.05, 0.1) is 34.7 Å². The number of ether oxygens (including phenoxy) is 2. The van der Waals surface area contributed by atoms with Gasteiger partial charge in [-0.25, -0.2) is 0 Å². The molecule has 0 unspecified atom stereocenters. The van der Waals surface area contributed by atoms with Gasteiger partial charge in [0.1, 0.15) is 17.7 Å². The number of aliphatic hydroxyl groups excluding tert-OH is 1. The molecule has 0 aromatic heterocycles. The number of para-hydroxylation sites is 1. The van der Waals surface area contributed by atoms with Crippen molar-refractivity contribution in [1.29, 1.82) is 0 Å². The monoisotopic (exact) mass is 677 g/mol. The van der Waals surface area contributed by atoms with Crippen LogP contribution in [0.1, 0.15) is 50.7 Å². The summed E-state index contributed by atoms with van der Waals surface area (Å²) in [6, 6.07) is 14.6. The summed E-state index contributed by atoms with van der Waals surface area (Å²) in [7, 11) is 1.68. The van der Waals surface area contributed by atoms with Gasteiger partial charge < -0.3 is 29.3 Å². The number of nitrogens with zero attached hydrogens (tertiary/aromatic N) is 3. The maximum absolute atomic E-state index is 14.6.